The zero-order chi connectivity index (χ0) is 41.2. The fourth-order valence-electron chi connectivity index (χ4n) is 10.0. The first-order valence-corrected chi connectivity index (χ1v) is 20.6. The topological polar surface area (TPSA) is 127 Å². The maximum Gasteiger partial charge on any atom is 0.251 e. The van der Waals surface area contributed by atoms with E-state index in [2.05, 4.69) is 59.4 Å². The Morgan fingerprint density at radius 2 is 1.74 bits per heavy atom. The fraction of sp³-hybridized carbons (Fsp3) is 0.565. The van der Waals surface area contributed by atoms with Crippen LogP contribution in [0.5, 0.6) is 5.75 Å². The number of aliphatic hydroxyl groups excluding tert-OH is 2. The summed E-state index contributed by atoms with van der Waals surface area (Å²) in [6, 6.07) is 21.1. The van der Waals surface area contributed by atoms with Crippen molar-refractivity contribution < 1.29 is 29.4 Å². The minimum Gasteiger partial charge on any atom is -0.496 e. The molecule has 2 amide bonds. The molecule has 57 heavy (non-hydrogen) atoms. The van der Waals surface area contributed by atoms with Crippen molar-refractivity contribution in [1.82, 2.24) is 25.5 Å². The summed E-state index contributed by atoms with van der Waals surface area (Å²) in [5, 5.41) is 29.7. The summed E-state index contributed by atoms with van der Waals surface area (Å²) in [6.45, 7) is 9.72. The average Bonchev–Trinajstić information content (AvgIpc) is 3.53. The van der Waals surface area contributed by atoms with Crippen LogP contribution in [-0.2, 0) is 29.1 Å². The largest absolute Gasteiger partial charge is 0.496 e. The number of carbonyl (C=O) groups excluding carboxylic acids is 2. The molecule has 11 heteroatoms. The standard InChI is InChI=1S/C46H65N5O6/c1-28-38-22-35(46(38,3)4)23-39(28)48-45(55)42-41(29(2)53)40(27-52)57-51(42)25-32-16-13-17-37(43(32)56-9)33-18-31(24-49(5)6)19-34(21-33)44(54)47-36(26-50(7)8)20-30-14-11-10-12-15-30/h10-19,21,28-29,35-36,38-42,52-53H,20,22-27H2,1-9H3,(H,47,54)(H,48,55)/t28-,29-,35+,36-,38-,39-,40-,41+,42-/m0/s1. The third-order valence-electron chi connectivity index (χ3n) is 13.0. The molecule has 3 aromatic rings. The van der Waals surface area contributed by atoms with E-state index in [0.29, 0.717) is 48.6 Å². The van der Waals surface area contributed by atoms with Gasteiger partial charge in [0.05, 0.1) is 26.4 Å². The summed E-state index contributed by atoms with van der Waals surface area (Å²) in [5.41, 5.74) is 5.35. The number of hydrogen-bond donors (Lipinski definition) is 4. The number of rotatable bonds is 16. The molecule has 1 saturated heterocycles. The van der Waals surface area contributed by atoms with E-state index in [4.69, 9.17) is 9.57 Å². The Labute approximate surface area is 339 Å². The molecule has 3 aromatic carbocycles. The van der Waals surface area contributed by atoms with E-state index >= 15 is 0 Å². The van der Waals surface area contributed by atoms with E-state index < -0.39 is 24.2 Å². The number of methoxy groups -OCH3 is 1. The summed E-state index contributed by atoms with van der Waals surface area (Å²) >= 11 is 0. The van der Waals surface area contributed by atoms with Gasteiger partial charge in [-0.25, -0.2) is 0 Å². The van der Waals surface area contributed by atoms with Gasteiger partial charge in [-0.2, -0.15) is 5.06 Å². The maximum absolute atomic E-state index is 14.3. The molecule has 1 heterocycles. The first-order valence-electron chi connectivity index (χ1n) is 20.6. The van der Waals surface area contributed by atoms with Gasteiger partial charge in [-0.3, -0.25) is 14.4 Å². The fourth-order valence-corrected chi connectivity index (χ4v) is 10.0. The zero-order valence-electron chi connectivity index (χ0n) is 35.4. The van der Waals surface area contributed by atoms with Crippen LogP contribution in [0.15, 0.2) is 66.7 Å². The number of aliphatic hydroxyl groups is 2. The average molecular weight is 784 g/mol. The maximum atomic E-state index is 14.3. The summed E-state index contributed by atoms with van der Waals surface area (Å²) in [4.78, 5) is 38.9. The first kappa shape index (κ1) is 42.8. The molecule has 0 radical (unpaired) electrons. The Bertz CT molecular complexity index is 1850. The second-order valence-corrected chi connectivity index (χ2v) is 18.0. The number of likely N-dealkylation sites (N-methyl/N-ethyl adjacent to an activating group) is 1. The van der Waals surface area contributed by atoms with Crippen molar-refractivity contribution in [3.8, 4) is 16.9 Å². The molecule has 0 spiro atoms. The van der Waals surface area contributed by atoms with Gasteiger partial charge in [-0.05, 0) is 112 Å². The number of hydrogen-bond acceptors (Lipinski definition) is 9. The van der Waals surface area contributed by atoms with Gasteiger partial charge in [0.1, 0.15) is 17.9 Å². The number of nitrogens with zero attached hydrogens (tertiary/aromatic N) is 3. The van der Waals surface area contributed by atoms with Crippen LogP contribution in [0.2, 0.25) is 0 Å². The molecule has 0 aromatic heterocycles. The third kappa shape index (κ3) is 9.40. The Kier molecular flexibility index (Phi) is 13.5. The van der Waals surface area contributed by atoms with E-state index in [0.717, 1.165) is 34.2 Å². The van der Waals surface area contributed by atoms with Gasteiger partial charge in [0, 0.05) is 47.8 Å². The number of nitrogens with one attached hydrogen (secondary N) is 2. The quantitative estimate of drug-likeness (QED) is 0.159. The minimum absolute atomic E-state index is 0.0363. The van der Waals surface area contributed by atoms with E-state index in [1.54, 1.807) is 19.1 Å². The highest BCUT2D eigenvalue weighted by Crippen LogP contribution is 2.61. The van der Waals surface area contributed by atoms with Crippen molar-refractivity contribution in [3.05, 3.63) is 89.0 Å². The molecule has 11 nitrogen and oxygen atoms in total. The number of benzene rings is 3. The number of para-hydroxylation sites is 1. The lowest BCUT2D eigenvalue weighted by Gasteiger charge is -2.62. The Balaban J connectivity index is 1.29. The number of amides is 2. The number of fused-ring (bicyclic) bond motifs is 2. The molecule has 4 aliphatic rings. The van der Waals surface area contributed by atoms with Crippen LogP contribution in [0, 0.1) is 29.1 Å². The summed E-state index contributed by atoms with van der Waals surface area (Å²) in [7, 11) is 9.64. The summed E-state index contributed by atoms with van der Waals surface area (Å²) in [6.07, 6.45) is 1.18. The monoisotopic (exact) mass is 783 g/mol. The minimum atomic E-state index is -0.902. The molecule has 0 unspecified atom stereocenters. The van der Waals surface area contributed by atoms with Crippen molar-refractivity contribution in [2.45, 2.75) is 90.4 Å². The number of hydroxylamine groups is 2. The van der Waals surface area contributed by atoms with E-state index in [1.165, 1.54) is 6.42 Å². The van der Waals surface area contributed by atoms with Crippen molar-refractivity contribution in [2.24, 2.45) is 29.1 Å². The van der Waals surface area contributed by atoms with Gasteiger partial charge in [-0.1, -0.05) is 69.3 Å². The molecule has 310 valence electrons. The Morgan fingerprint density at radius 1 is 1.00 bits per heavy atom. The van der Waals surface area contributed by atoms with Gasteiger partial charge in [-0.15, -0.1) is 0 Å². The number of carbonyl (C=O) groups is 2. The molecule has 2 bridgehead atoms. The Hall–Kier alpha value is -3.84. The van der Waals surface area contributed by atoms with E-state index in [9.17, 15) is 19.8 Å². The molecule has 7 rings (SSSR count). The zero-order valence-corrected chi connectivity index (χ0v) is 35.4. The molecule has 4 fully saturated rings. The van der Waals surface area contributed by atoms with E-state index in [-0.39, 0.29) is 42.5 Å². The molecule has 1 aliphatic heterocycles. The van der Waals surface area contributed by atoms with Crippen LogP contribution in [0.4, 0.5) is 0 Å². The lowest BCUT2D eigenvalue weighted by molar-refractivity contribution is -0.183. The van der Waals surface area contributed by atoms with E-state index in [1.807, 2.05) is 76.7 Å². The highest BCUT2D eigenvalue weighted by atomic mass is 16.7. The number of ether oxygens (including phenoxy) is 1. The first-order chi connectivity index (χ1) is 27.1. The van der Waals surface area contributed by atoms with Crippen molar-refractivity contribution in [3.63, 3.8) is 0 Å². The molecule has 3 saturated carbocycles. The lowest BCUT2D eigenvalue weighted by Crippen LogP contribution is -2.62. The van der Waals surface area contributed by atoms with Crippen LogP contribution >= 0.6 is 0 Å². The van der Waals surface area contributed by atoms with Gasteiger partial charge in [0.2, 0.25) is 5.91 Å². The predicted molar refractivity (Wildman–Crippen MR) is 223 cm³/mol. The van der Waals surface area contributed by atoms with Crippen molar-refractivity contribution in [1.29, 1.82) is 0 Å². The van der Waals surface area contributed by atoms with Crippen molar-refractivity contribution >= 4 is 11.8 Å². The molecular formula is C46H65N5O6. The third-order valence-corrected chi connectivity index (χ3v) is 13.0. The van der Waals surface area contributed by atoms with Crippen LogP contribution < -0.4 is 15.4 Å². The lowest BCUT2D eigenvalue weighted by atomic mass is 9.45. The van der Waals surface area contributed by atoms with Crippen LogP contribution in [0.25, 0.3) is 11.1 Å². The van der Waals surface area contributed by atoms with Gasteiger partial charge in [0.25, 0.3) is 5.91 Å². The normalized spacial score (nSPS) is 26.5. The summed E-state index contributed by atoms with van der Waals surface area (Å²) < 4.78 is 6.13. The SMILES string of the molecule is COc1c(CN2O[C@@H](CO)[C@@H]([C@H](C)O)[C@H]2C(=O)N[C@H]2C[C@H]3C[C@@H]([C@@H]2C)C3(C)C)cccc1-c1cc(CN(C)C)cc(C(=O)N[C@@H](Cc2ccccc2)CN(C)C)c1. The van der Waals surface area contributed by atoms with Crippen molar-refractivity contribution in [2.75, 3.05) is 48.5 Å². The highest BCUT2D eigenvalue weighted by molar-refractivity contribution is 5.96. The van der Waals surface area contributed by atoms with Crippen LogP contribution in [-0.4, -0.2) is 116 Å². The second kappa shape index (κ2) is 18.0. The molecule has 4 N–H and O–H groups in total. The Morgan fingerprint density at radius 3 is 2.35 bits per heavy atom. The molecule has 9 atom stereocenters. The van der Waals surface area contributed by atoms with Crippen LogP contribution in [0.3, 0.4) is 0 Å². The smallest absolute Gasteiger partial charge is 0.251 e. The van der Waals surface area contributed by atoms with Gasteiger partial charge in [0.15, 0.2) is 0 Å². The second-order valence-electron chi connectivity index (χ2n) is 18.0. The molecular weight excluding hydrogens is 719 g/mol. The highest BCUT2D eigenvalue weighted by Gasteiger charge is 2.57. The molecule has 3 aliphatic carbocycles. The predicted octanol–water partition coefficient (Wildman–Crippen LogP) is 4.99. The van der Waals surface area contributed by atoms with Crippen LogP contribution in [0.1, 0.15) is 67.6 Å². The van der Waals surface area contributed by atoms with Gasteiger partial charge >= 0.3 is 0 Å². The summed E-state index contributed by atoms with van der Waals surface area (Å²) in [5.74, 6) is 1.05. The van der Waals surface area contributed by atoms with Gasteiger partial charge < -0.3 is 35.4 Å².